The first kappa shape index (κ1) is 21.1. The Labute approximate surface area is 164 Å². The molecule has 1 aliphatic rings. The summed E-state index contributed by atoms with van der Waals surface area (Å²) in [6, 6.07) is 4.88. The second-order valence-corrected chi connectivity index (χ2v) is 9.85. The van der Waals surface area contributed by atoms with Crippen molar-refractivity contribution >= 4 is 21.7 Å². The second kappa shape index (κ2) is 7.32. The summed E-state index contributed by atoms with van der Waals surface area (Å²) in [6.07, 6.45) is -3.11. The molecule has 1 heterocycles. The zero-order chi connectivity index (χ0) is 21.4. The van der Waals surface area contributed by atoms with E-state index in [1.54, 1.807) is 0 Å². The van der Waals surface area contributed by atoms with Crippen molar-refractivity contribution in [1.82, 2.24) is 15.2 Å². The van der Waals surface area contributed by atoms with Crippen LogP contribution in [0, 0.1) is 5.92 Å². The Morgan fingerprint density at radius 1 is 1.24 bits per heavy atom. The van der Waals surface area contributed by atoms with Gasteiger partial charge in [-0.3, -0.25) is 15.2 Å². The average Bonchev–Trinajstić information content (AvgIpc) is 3.28. The molecule has 12 heteroatoms. The van der Waals surface area contributed by atoms with Gasteiger partial charge in [0.25, 0.3) is 0 Å². The minimum atomic E-state index is -4.79. The molecule has 1 fully saturated rings. The van der Waals surface area contributed by atoms with E-state index in [2.05, 4.69) is 25.2 Å². The molecule has 0 unspecified atom stereocenters. The molecule has 0 radical (unpaired) electrons. The van der Waals surface area contributed by atoms with E-state index in [9.17, 15) is 26.4 Å². The fraction of sp³-hybridized carbons (Fsp3) is 0.471. The standard InChI is InChI=1S/C17H19F3N4O4S/c1-16(2,29(26,27)9-10-3-4-10)14(25)22-15-21-13(23-24-15)11-5-7-12(8-6-11)28-17(18,19)20/h5-8,10H,3-4,9H2,1-2H3,(H2,21,22,23,24,25). The minimum absolute atomic E-state index is 0.0426. The number of aromatic amines is 1. The third-order valence-corrected chi connectivity index (χ3v) is 7.20. The van der Waals surface area contributed by atoms with Gasteiger partial charge in [0.15, 0.2) is 15.7 Å². The predicted octanol–water partition coefficient (Wildman–Crippen LogP) is 2.91. The number of sulfone groups is 1. The Bertz CT molecular complexity index is 996. The summed E-state index contributed by atoms with van der Waals surface area (Å²) < 4.78 is 63.7. The van der Waals surface area contributed by atoms with Gasteiger partial charge in [0.1, 0.15) is 10.5 Å². The molecule has 1 amide bonds. The second-order valence-electron chi connectivity index (χ2n) is 7.27. The van der Waals surface area contributed by atoms with Gasteiger partial charge in [-0.2, -0.15) is 4.98 Å². The number of halogens is 3. The lowest BCUT2D eigenvalue weighted by Crippen LogP contribution is -2.46. The number of anilines is 1. The lowest BCUT2D eigenvalue weighted by atomic mass is 10.2. The number of amides is 1. The molecule has 0 spiro atoms. The van der Waals surface area contributed by atoms with Crippen LogP contribution in [0.2, 0.25) is 0 Å². The van der Waals surface area contributed by atoms with Gasteiger partial charge in [-0.1, -0.05) is 0 Å². The first-order valence-electron chi connectivity index (χ1n) is 8.70. The molecule has 1 saturated carbocycles. The van der Waals surface area contributed by atoms with Crippen molar-refractivity contribution in [2.45, 2.75) is 37.8 Å². The number of carbonyl (C=O) groups is 1. The van der Waals surface area contributed by atoms with E-state index >= 15 is 0 Å². The summed E-state index contributed by atoms with van der Waals surface area (Å²) >= 11 is 0. The van der Waals surface area contributed by atoms with E-state index in [1.807, 2.05) is 0 Å². The van der Waals surface area contributed by atoms with Crippen LogP contribution in [0.5, 0.6) is 5.75 Å². The first-order valence-corrected chi connectivity index (χ1v) is 10.3. The Kier molecular flexibility index (Phi) is 5.32. The minimum Gasteiger partial charge on any atom is -0.406 e. The van der Waals surface area contributed by atoms with Crippen LogP contribution in [0.3, 0.4) is 0 Å². The molecular formula is C17H19F3N4O4S. The molecule has 1 aromatic heterocycles. The number of hydrogen-bond acceptors (Lipinski definition) is 6. The van der Waals surface area contributed by atoms with Crippen molar-refractivity contribution in [2.24, 2.45) is 5.92 Å². The van der Waals surface area contributed by atoms with E-state index in [0.29, 0.717) is 5.56 Å². The van der Waals surface area contributed by atoms with Crippen LogP contribution >= 0.6 is 0 Å². The van der Waals surface area contributed by atoms with Crippen molar-refractivity contribution in [2.75, 3.05) is 11.1 Å². The number of benzene rings is 1. The summed E-state index contributed by atoms with van der Waals surface area (Å²) in [5.74, 6) is -1.06. The Hall–Kier alpha value is -2.63. The summed E-state index contributed by atoms with van der Waals surface area (Å²) in [7, 11) is -3.66. The first-order chi connectivity index (χ1) is 13.4. The maximum absolute atomic E-state index is 12.5. The summed E-state index contributed by atoms with van der Waals surface area (Å²) in [4.78, 5) is 16.5. The molecule has 2 N–H and O–H groups in total. The van der Waals surface area contributed by atoms with Crippen molar-refractivity contribution < 1.29 is 31.1 Å². The molecule has 29 heavy (non-hydrogen) atoms. The van der Waals surface area contributed by atoms with Crippen molar-refractivity contribution in [3.63, 3.8) is 0 Å². The van der Waals surface area contributed by atoms with Gasteiger partial charge in [-0.25, -0.2) is 8.42 Å². The van der Waals surface area contributed by atoms with E-state index in [1.165, 1.54) is 26.0 Å². The van der Waals surface area contributed by atoms with Crippen LogP contribution in [0.4, 0.5) is 19.1 Å². The molecule has 0 aliphatic heterocycles. The highest BCUT2D eigenvalue weighted by atomic mass is 32.2. The lowest BCUT2D eigenvalue weighted by Gasteiger charge is -2.22. The van der Waals surface area contributed by atoms with Crippen LogP contribution in [-0.2, 0) is 14.6 Å². The van der Waals surface area contributed by atoms with E-state index in [0.717, 1.165) is 25.0 Å². The molecule has 0 saturated heterocycles. The van der Waals surface area contributed by atoms with E-state index in [4.69, 9.17) is 0 Å². The SMILES string of the molecule is CC(C)(C(=O)Nc1n[nH]c(-c2ccc(OC(F)(F)F)cc2)n1)S(=O)(=O)CC1CC1. The fourth-order valence-corrected chi connectivity index (χ4v) is 4.16. The number of alkyl halides is 3. The highest BCUT2D eigenvalue weighted by Gasteiger charge is 2.44. The Morgan fingerprint density at radius 3 is 2.41 bits per heavy atom. The van der Waals surface area contributed by atoms with Crippen LogP contribution in [0.15, 0.2) is 24.3 Å². The molecule has 8 nitrogen and oxygen atoms in total. The zero-order valence-corrected chi connectivity index (χ0v) is 16.4. The maximum atomic E-state index is 12.5. The number of aromatic nitrogens is 3. The van der Waals surface area contributed by atoms with Crippen molar-refractivity contribution in [3.05, 3.63) is 24.3 Å². The quantitative estimate of drug-likeness (QED) is 0.695. The smallest absolute Gasteiger partial charge is 0.406 e. The Balaban J connectivity index is 1.69. The fourth-order valence-electron chi connectivity index (χ4n) is 2.46. The number of hydrogen-bond donors (Lipinski definition) is 2. The van der Waals surface area contributed by atoms with Gasteiger partial charge in [0, 0.05) is 5.56 Å². The van der Waals surface area contributed by atoms with E-state index < -0.39 is 32.6 Å². The summed E-state index contributed by atoms with van der Waals surface area (Å²) in [6.45, 7) is 2.65. The lowest BCUT2D eigenvalue weighted by molar-refractivity contribution is -0.274. The van der Waals surface area contributed by atoms with Crippen LogP contribution in [0.1, 0.15) is 26.7 Å². The summed E-state index contributed by atoms with van der Waals surface area (Å²) in [5.41, 5.74) is 0.396. The number of nitrogens with one attached hydrogen (secondary N) is 2. The Morgan fingerprint density at radius 2 is 1.86 bits per heavy atom. The third-order valence-electron chi connectivity index (χ3n) is 4.55. The normalized spacial score (nSPS) is 15.2. The molecule has 1 aromatic carbocycles. The van der Waals surface area contributed by atoms with Crippen LogP contribution in [0.25, 0.3) is 11.4 Å². The molecule has 0 atom stereocenters. The van der Waals surface area contributed by atoms with E-state index in [-0.39, 0.29) is 23.4 Å². The predicted molar refractivity (Wildman–Crippen MR) is 97.7 cm³/mol. The molecular weight excluding hydrogens is 413 g/mol. The molecule has 2 aromatic rings. The maximum Gasteiger partial charge on any atom is 0.573 e. The number of carbonyl (C=O) groups excluding carboxylic acids is 1. The largest absolute Gasteiger partial charge is 0.573 e. The van der Waals surface area contributed by atoms with Gasteiger partial charge in [-0.15, -0.1) is 18.3 Å². The summed E-state index contributed by atoms with van der Waals surface area (Å²) in [5, 5.41) is 8.72. The molecule has 0 bridgehead atoms. The highest BCUT2D eigenvalue weighted by molar-refractivity contribution is 7.93. The number of rotatable bonds is 7. The number of ether oxygens (including phenoxy) is 1. The zero-order valence-electron chi connectivity index (χ0n) is 15.6. The monoisotopic (exact) mass is 432 g/mol. The average molecular weight is 432 g/mol. The molecule has 1 aliphatic carbocycles. The van der Waals surface area contributed by atoms with Crippen LogP contribution < -0.4 is 10.1 Å². The van der Waals surface area contributed by atoms with Gasteiger partial charge in [0.2, 0.25) is 11.9 Å². The van der Waals surface area contributed by atoms with Gasteiger partial charge in [-0.05, 0) is 56.9 Å². The molecule has 3 rings (SSSR count). The molecule has 158 valence electrons. The van der Waals surface area contributed by atoms with Crippen molar-refractivity contribution in [3.8, 4) is 17.1 Å². The van der Waals surface area contributed by atoms with Gasteiger partial charge in [0.05, 0.1) is 5.75 Å². The third kappa shape index (κ3) is 5.05. The number of H-pyrrole nitrogens is 1. The number of nitrogens with zero attached hydrogens (tertiary/aromatic N) is 2. The topological polar surface area (TPSA) is 114 Å². The van der Waals surface area contributed by atoms with Gasteiger partial charge >= 0.3 is 6.36 Å². The van der Waals surface area contributed by atoms with Crippen molar-refractivity contribution in [1.29, 1.82) is 0 Å². The highest BCUT2D eigenvalue weighted by Crippen LogP contribution is 2.34. The van der Waals surface area contributed by atoms with Crippen LogP contribution in [-0.4, -0.2) is 46.4 Å². The van der Waals surface area contributed by atoms with Gasteiger partial charge < -0.3 is 4.74 Å².